The van der Waals surface area contributed by atoms with E-state index in [0.717, 1.165) is 11.1 Å². The second-order valence-electron chi connectivity index (χ2n) is 11.5. The van der Waals surface area contributed by atoms with E-state index in [4.69, 9.17) is 9.84 Å². The number of ketones is 1. The smallest absolute Gasteiger partial charge is 0.335 e. The average Bonchev–Trinajstić information content (AvgIpc) is 2.80. The van der Waals surface area contributed by atoms with Crippen molar-refractivity contribution in [1.82, 2.24) is 0 Å². The van der Waals surface area contributed by atoms with Gasteiger partial charge in [-0.2, -0.15) is 0 Å². The van der Waals surface area contributed by atoms with Gasteiger partial charge in [-0.1, -0.05) is 37.6 Å². The molecule has 0 radical (unpaired) electrons. The van der Waals surface area contributed by atoms with E-state index in [1.807, 2.05) is 20.8 Å². The highest BCUT2D eigenvalue weighted by Gasteiger charge is 2.90. The highest BCUT2D eigenvalue weighted by Crippen LogP contribution is 2.86. The van der Waals surface area contributed by atoms with Crippen molar-refractivity contribution >= 4 is 11.8 Å². The van der Waals surface area contributed by atoms with Gasteiger partial charge in [0.2, 0.25) is 0 Å². The fraction of sp³-hybridized carbons (Fsp3) is 0.630. The Hall–Kier alpha value is -2.06. The molecule has 5 aliphatic rings. The number of carbonyl (C=O) groups is 2. The van der Waals surface area contributed by atoms with Crippen molar-refractivity contribution in [3.63, 3.8) is 0 Å². The number of fused-ring (bicyclic) bond motifs is 1. The summed E-state index contributed by atoms with van der Waals surface area (Å²) in [5, 5.41) is 41.9. The Morgan fingerprint density at radius 3 is 2.29 bits per heavy atom. The number of carboxylic acid groups (broad SMARTS) is 1. The van der Waals surface area contributed by atoms with Crippen LogP contribution in [0.2, 0.25) is 0 Å². The molecule has 1 aromatic carbocycles. The molecule has 1 aliphatic heterocycles. The van der Waals surface area contributed by atoms with E-state index in [0.29, 0.717) is 37.9 Å². The van der Waals surface area contributed by atoms with E-state index in [1.165, 1.54) is 0 Å². The van der Waals surface area contributed by atoms with E-state index in [-0.39, 0.29) is 17.3 Å². The molecule has 6 rings (SSSR count). The van der Waals surface area contributed by atoms with E-state index < -0.39 is 40.0 Å². The van der Waals surface area contributed by atoms with Gasteiger partial charge < -0.3 is 25.2 Å². The molecule has 1 saturated heterocycles. The Kier molecular flexibility index (Phi) is 4.87. The second kappa shape index (κ2) is 7.00. The minimum Gasteiger partial charge on any atom is -0.478 e. The third kappa shape index (κ3) is 2.32. The molecule has 0 aromatic heterocycles. The molecule has 7 nitrogen and oxygen atoms in total. The third-order valence-electron chi connectivity index (χ3n) is 10.6. The molecule has 7 heteroatoms. The van der Waals surface area contributed by atoms with E-state index in [1.54, 1.807) is 30.3 Å². The standard InChI is InChI=1S/C20H28O5.C7H6O2/c1-10-5-6-19(24)8-20-16(2)9-25-12(16)7-11(21)17(20,3)15(23)14(22)13(10)18(19,20)4;8-7(9)6-4-2-1-3-5-6/h11-12,14,21-22,24H,5-9H2,1-4H3;1-5H,(H,8,9)/t11-,12+,14+,16+,17?,18-,19+,20?;/m0./s1. The predicted molar refractivity (Wildman–Crippen MR) is 123 cm³/mol. The molecule has 8 atom stereocenters. The molecule has 1 heterocycles. The maximum Gasteiger partial charge on any atom is 0.335 e. The Labute approximate surface area is 199 Å². The lowest BCUT2D eigenvalue weighted by atomic mass is 9.20. The average molecular weight is 471 g/mol. The molecule has 184 valence electrons. The molecular weight excluding hydrogens is 436 g/mol. The normalized spacial score (nSPS) is 48.2. The summed E-state index contributed by atoms with van der Waals surface area (Å²) >= 11 is 0. The molecule has 1 aromatic rings. The van der Waals surface area contributed by atoms with Gasteiger partial charge in [-0.15, -0.1) is 0 Å². The van der Waals surface area contributed by atoms with E-state index in [9.17, 15) is 24.9 Å². The fourth-order valence-corrected chi connectivity index (χ4v) is 8.70. The summed E-state index contributed by atoms with van der Waals surface area (Å²) in [6.45, 7) is 8.53. The first-order valence-electron chi connectivity index (χ1n) is 12.0. The van der Waals surface area contributed by atoms with Crippen molar-refractivity contribution in [3.8, 4) is 0 Å². The number of hydrogen-bond acceptors (Lipinski definition) is 6. The number of ether oxygens (including phenoxy) is 1. The van der Waals surface area contributed by atoms with Gasteiger partial charge in [0.05, 0.1) is 35.4 Å². The number of carboxylic acids is 1. The van der Waals surface area contributed by atoms with Gasteiger partial charge in [-0.05, 0) is 50.8 Å². The first-order valence-corrected chi connectivity index (χ1v) is 12.0. The zero-order chi connectivity index (χ0) is 24.9. The number of benzene rings is 1. The van der Waals surface area contributed by atoms with E-state index in [2.05, 4.69) is 6.92 Å². The SMILES string of the molecule is CC1=C2[C@@H](O)C(=O)C3(C)[C@@H](O)C[C@H]4OC[C@@]4(C)C34C[C@](O)(CC1)[C@]24C.O=C(O)c1ccccc1. The second-order valence-corrected chi connectivity index (χ2v) is 11.5. The largest absolute Gasteiger partial charge is 0.478 e. The Balaban J connectivity index is 0.000000227. The lowest BCUT2D eigenvalue weighted by Crippen LogP contribution is -2.90. The molecule has 34 heavy (non-hydrogen) atoms. The number of aliphatic hydroxyl groups is 3. The first kappa shape index (κ1) is 23.7. The lowest BCUT2D eigenvalue weighted by Gasteiger charge is -2.85. The summed E-state index contributed by atoms with van der Waals surface area (Å²) in [6.07, 6.45) is 0.0790. The summed E-state index contributed by atoms with van der Waals surface area (Å²) < 4.78 is 5.81. The van der Waals surface area contributed by atoms with Gasteiger partial charge in [-0.3, -0.25) is 4.79 Å². The number of hydrogen-bond donors (Lipinski definition) is 4. The number of aliphatic hydroxyl groups excluding tert-OH is 2. The Bertz CT molecular complexity index is 1100. The molecular formula is C27H34O7. The number of aromatic carboxylic acids is 1. The van der Waals surface area contributed by atoms with Gasteiger partial charge in [0.1, 0.15) is 6.10 Å². The van der Waals surface area contributed by atoms with Gasteiger partial charge in [0.15, 0.2) is 5.78 Å². The van der Waals surface area contributed by atoms with Crippen LogP contribution < -0.4 is 0 Å². The Morgan fingerprint density at radius 1 is 1.12 bits per heavy atom. The van der Waals surface area contributed by atoms with Crippen LogP contribution >= 0.6 is 0 Å². The minimum atomic E-state index is -1.23. The summed E-state index contributed by atoms with van der Waals surface area (Å²) in [5.74, 6) is -1.15. The summed E-state index contributed by atoms with van der Waals surface area (Å²) in [5.41, 5.74) is -1.49. The van der Waals surface area contributed by atoms with Crippen LogP contribution in [0.25, 0.3) is 0 Å². The number of rotatable bonds is 1. The molecule has 1 spiro atoms. The molecule has 4 N–H and O–H groups in total. The maximum absolute atomic E-state index is 13.4. The van der Waals surface area contributed by atoms with Gasteiger partial charge in [0.25, 0.3) is 0 Å². The summed E-state index contributed by atoms with van der Waals surface area (Å²) in [6, 6.07) is 8.30. The zero-order valence-corrected chi connectivity index (χ0v) is 20.2. The molecule has 2 unspecified atom stereocenters. The van der Waals surface area contributed by atoms with Crippen LogP contribution in [-0.2, 0) is 9.53 Å². The van der Waals surface area contributed by atoms with Crippen LogP contribution in [0.3, 0.4) is 0 Å². The molecule has 0 bridgehead atoms. The summed E-state index contributed by atoms with van der Waals surface area (Å²) in [4.78, 5) is 23.6. The van der Waals surface area contributed by atoms with Crippen LogP contribution in [-0.4, -0.2) is 62.7 Å². The van der Waals surface area contributed by atoms with Gasteiger partial charge in [-0.25, -0.2) is 4.79 Å². The van der Waals surface area contributed by atoms with Crippen molar-refractivity contribution in [2.45, 2.75) is 77.3 Å². The zero-order valence-electron chi connectivity index (χ0n) is 20.2. The monoisotopic (exact) mass is 470 g/mol. The maximum atomic E-state index is 13.4. The topological polar surface area (TPSA) is 124 Å². The van der Waals surface area contributed by atoms with Crippen LogP contribution in [0.5, 0.6) is 0 Å². The van der Waals surface area contributed by atoms with Crippen molar-refractivity contribution in [1.29, 1.82) is 0 Å². The van der Waals surface area contributed by atoms with E-state index >= 15 is 0 Å². The number of allylic oxidation sites excluding steroid dienone is 1. The van der Waals surface area contributed by atoms with Crippen LogP contribution in [0.1, 0.15) is 63.7 Å². The van der Waals surface area contributed by atoms with Gasteiger partial charge >= 0.3 is 5.97 Å². The highest BCUT2D eigenvalue weighted by molar-refractivity contribution is 5.96. The van der Waals surface area contributed by atoms with Crippen molar-refractivity contribution in [2.24, 2.45) is 21.7 Å². The molecule has 4 aliphatic carbocycles. The van der Waals surface area contributed by atoms with Crippen molar-refractivity contribution in [2.75, 3.05) is 6.61 Å². The minimum absolute atomic E-state index is 0.0940. The quantitative estimate of drug-likeness (QED) is 0.465. The highest BCUT2D eigenvalue weighted by atomic mass is 16.5. The molecule has 4 fully saturated rings. The van der Waals surface area contributed by atoms with Crippen LogP contribution in [0, 0.1) is 21.7 Å². The van der Waals surface area contributed by atoms with Crippen molar-refractivity contribution in [3.05, 3.63) is 47.0 Å². The van der Waals surface area contributed by atoms with Crippen LogP contribution in [0.15, 0.2) is 41.5 Å². The predicted octanol–water partition coefficient (Wildman–Crippen LogP) is 2.73. The number of carbonyl (C=O) groups excluding carboxylic acids is 1. The third-order valence-corrected chi connectivity index (χ3v) is 10.6. The first-order chi connectivity index (χ1) is 15.8. The summed E-state index contributed by atoms with van der Waals surface area (Å²) in [7, 11) is 0. The van der Waals surface area contributed by atoms with Crippen LogP contribution in [0.4, 0.5) is 0 Å². The van der Waals surface area contributed by atoms with Gasteiger partial charge in [0, 0.05) is 22.7 Å². The fourth-order valence-electron chi connectivity index (χ4n) is 8.70. The van der Waals surface area contributed by atoms with Crippen molar-refractivity contribution < 1.29 is 34.8 Å². The number of Topliss-reactive ketones (excluding diaryl/α,β-unsaturated/α-hetero) is 1. The lowest BCUT2D eigenvalue weighted by molar-refractivity contribution is -0.419. The Morgan fingerprint density at radius 2 is 1.76 bits per heavy atom. The molecule has 3 saturated carbocycles. The molecule has 0 amide bonds.